The predicted molar refractivity (Wildman–Crippen MR) is 92.2 cm³/mol. The second-order valence-corrected chi connectivity index (χ2v) is 5.29. The van der Waals surface area contributed by atoms with Gasteiger partial charge in [-0.25, -0.2) is 9.59 Å². The van der Waals surface area contributed by atoms with Crippen LogP contribution in [0.25, 0.3) is 0 Å². The number of carboxylic acid groups (broad SMARTS) is 1. The summed E-state index contributed by atoms with van der Waals surface area (Å²) in [5.74, 6) is -1.55. The van der Waals surface area contributed by atoms with Crippen LogP contribution >= 0.6 is 0 Å². The van der Waals surface area contributed by atoms with E-state index < -0.39 is 24.1 Å². The van der Waals surface area contributed by atoms with E-state index >= 15 is 0 Å². The van der Waals surface area contributed by atoms with Gasteiger partial charge in [-0.05, 0) is 11.1 Å². The van der Waals surface area contributed by atoms with E-state index in [9.17, 15) is 14.7 Å². The highest BCUT2D eigenvalue weighted by atomic mass is 16.5. The Bertz CT molecular complexity index is 720. The molecule has 0 saturated heterocycles. The van der Waals surface area contributed by atoms with Crippen molar-refractivity contribution >= 4 is 18.0 Å². The van der Waals surface area contributed by atoms with Gasteiger partial charge in [-0.2, -0.15) is 0 Å². The van der Waals surface area contributed by atoms with Crippen LogP contribution in [0.2, 0.25) is 0 Å². The van der Waals surface area contributed by atoms with Crippen LogP contribution in [-0.2, 0) is 22.6 Å². The lowest BCUT2D eigenvalue weighted by Crippen LogP contribution is -2.49. The highest BCUT2D eigenvalue weighted by Gasteiger charge is 2.20. The summed E-state index contributed by atoms with van der Waals surface area (Å²) in [4.78, 5) is 23.0. The van der Waals surface area contributed by atoms with Crippen molar-refractivity contribution < 1.29 is 19.4 Å². The zero-order valence-corrected chi connectivity index (χ0v) is 13.4. The number of benzene rings is 2. The van der Waals surface area contributed by atoms with E-state index in [1.54, 1.807) is 36.4 Å². The number of ether oxygens (including phenoxy) is 1. The minimum absolute atomic E-state index is 0.0618. The third kappa shape index (κ3) is 6.34. The summed E-state index contributed by atoms with van der Waals surface area (Å²) in [5, 5.41) is 21.6. The zero-order chi connectivity index (χ0) is 18.1. The van der Waals surface area contributed by atoms with Crippen LogP contribution in [0.3, 0.4) is 0 Å². The molecule has 25 heavy (non-hydrogen) atoms. The summed E-state index contributed by atoms with van der Waals surface area (Å²) in [6, 6.07) is 17.1. The largest absolute Gasteiger partial charge is 0.480 e. The predicted octanol–water partition coefficient (Wildman–Crippen LogP) is 2.13. The third-order valence-electron chi connectivity index (χ3n) is 3.34. The normalized spacial score (nSPS) is 11.2. The molecule has 1 atom stereocenters. The lowest BCUT2D eigenvalue weighted by molar-refractivity contribution is -0.139. The van der Waals surface area contributed by atoms with Gasteiger partial charge in [-0.15, -0.1) is 0 Å². The molecule has 4 N–H and O–H groups in total. The van der Waals surface area contributed by atoms with Crippen molar-refractivity contribution in [3.63, 3.8) is 0 Å². The Morgan fingerprint density at radius 3 is 2.12 bits per heavy atom. The summed E-state index contributed by atoms with van der Waals surface area (Å²) in [5.41, 5.74) is 1.62. The van der Waals surface area contributed by atoms with Gasteiger partial charge in [0.1, 0.15) is 12.6 Å². The van der Waals surface area contributed by atoms with Crippen LogP contribution in [0, 0.1) is 5.41 Å². The van der Waals surface area contributed by atoms with Crippen molar-refractivity contribution in [2.75, 3.05) is 0 Å². The van der Waals surface area contributed by atoms with Crippen molar-refractivity contribution in [2.45, 2.75) is 19.1 Å². The first-order valence-corrected chi connectivity index (χ1v) is 7.64. The Hall–Kier alpha value is -3.35. The molecule has 130 valence electrons. The number of rotatable bonds is 6. The van der Waals surface area contributed by atoms with E-state index in [1.165, 1.54) is 0 Å². The first-order chi connectivity index (χ1) is 12.0. The van der Waals surface area contributed by atoms with Crippen LogP contribution in [0.4, 0.5) is 4.79 Å². The number of hydrogen-bond acceptors (Lipinski definition) is 4. The molecule has 0 bridgehead atoms. The molecule has 1 unspecified atom stereocenters. The van der Waals surface area contributed by atoms with E-state index in [2.05, 4.69) is 10.6 Å². The van der Waals surface area contributed by atoms with Gasteiger partial charge in [0.05, 0.1) is 0 Å². The van der Waals surface area contributed by atoms with Crippen molar-refractivity contribution in [2.24, 2.45) is 0 Å². The summed E-state index contributed by atoms with van der Waals surface area (Å²) in [6.07, 6.45) is -0.649. The Morgan fingerprint density at radius 1 is 1.00 bits per heavy atom. The van der Waals surface area contributed by atoms with Gasteiger partial charge in [0.25, 0.3) is 0 Å². The first kappa shape index (κ1) is 18.0. The Kier molecular flexibility index (Phi) is 6.53. The summed E-state index contributed by atoms with van der Waals surface area (Å²) in [7, 11) is 0. The molecule has 0 fully saturated rings. The van der Waals surface area contributed by atoms with Crippen molar-refractivity contribution in [3.8, 4) is 0 Å². The van der Waals surface area contributed by atoms with Gasteiger partial charge in [0, 0.05) is 6.42 Å². The first-order valence-electron chi connectivity index (χ1n) is 7.64. The maximum absolute atomic E-state index is 11.7. The molecule has 2 aromatic rings. The summed E-state index contributed by atoms with van der Waals surface area (Å²) in [6.45, 7) is 0.0618. The fourth-order valence-electron chi connectivity index (χ4n) is 2.12. The fraction of sp³-hybridized carbons (Fsp3) is 0.167. The minimum Gasteiger partial charge on any atom is -0.480 e. The van der Waals surface area contributed by atoms with Gasteiger partial charge in [0.15, 0.2) is 5.96 Å². The molecule has 7 heteroatoms. The highest BCUT2D eigenvalue weighted by Crippen LogP contribution is 2.04. The Labute approximate surface area is 145 Å². The number of hydrogen-bond donors (Lipinski definition) is 4. The lowest BCUT2D eigenvalue weighted by Gasteiger charge is -2.16. The molecule has 0 aliphatic carbocycles. The molecule has 0 spiro atoms. The molecular weight excluding hydrogens is 322 g/mol. The molecule has 0 aromatic heterocycles. The van der Waals surface area contributed by atoms with Gasteiger partial charge in [-0.3, -0.25) is 10.7 Å². The monoisotopic (exact) mass is 341 g/mol. The van der Waals surface area contributed by atoms with E-state index in [4.69, 9.17) is 10.1 Å². The average Bonchev–Trinajstić information content (AvgIpc) is 2.61. The maximum atomic E-state index is 11.7. The molecule has 0 heterocycles. The van der Waals surface area contributed by atoms with Crippen molar-refractivity contribution in [1.29, 1.82) is 5.41 Å². The second kappa shape index (κ2) is 9.07. The van der Waals surface area contributed by atoms with Crippen LogP contribution in [-0.4, -0.2) is 29.2 Å². The zero-order valence-electron chi connectivity index (χ0n) is 13.4. The number of carboxylic acids is 1. The standard InChI is InChI=1S/C18H19N3O4/c19-17(21-18(24)25-12-14-9-5-2-6-10-14)20-15(16(22)23)11-13-7-3-1-4-8-13/h1-10,15H,11-12H2,(H,22,23)(H3,19,20,21,24). The molecule has 2 rings (SSSR count). The number of nitrogens with one attached hydrogen (secondary N) is 3. The molecule has 2 aromatic carbocycles. The van der Waals surface area contributed by atoms with E-state index in [-0.39, 0.29) is 13.0 Å². The van der Waals surface area contributed by atoms with Crippen LogP contribution in [0.5, 0.6) is 0 Å². The minimum atomic E-state index is -1.12. The summed E-state index contributed by atoms with van der Waals surface area (Å²) < 4.78 is 4.98. The number of alkyl carbamates (subject to hydrolysis) is 1. The van der Waals surface area contributed by atoms with E-state index in [1.807, 2.05) is 24.3 Å². The van der Waals surface area contributed by atoms with Gasteiger partial charge in [-0.1, -0.05) is 60.7 Å². The Balaban J connectivity index is 1.82. The number of carbonyl (C=O) groups excluding carboxylic acids is 1. The van der Waals surface area contributed by atoms with Crippen LogP contribution in [0.15, 0.2) is 60.7 Å². The number of guanidine groups is 1. The molecule has 1 amide bonds. The SMILES string of the molecule is N=C(NC(=O)OCc1ccccc1)NC(Cc1ccccc1)C(=O)O. The third-order valence-corrected chi connectivity index (χ3v) is 3.34. The van der Waals surface area contributed by atoms with Crippen molar-refractivity contribution in [1.82, 2.24) is 10.6 Å². The average molecular weight is 341 g/mol. The summed E-state index contributed by atoms with van der Waals surface area (Å²) >= 11 is 0. The Morgan fingerprint density at radius 2 is 1.56 bits per heavy atom. The smallest absolute Gasteiger partial charge is 0.414 e. The molecule has 0 radical (unpaired) electrons. The van der Waals surface area contributed by atoms with Crippen LogP contribution in [0.1, 0.15) is 11.1 Å². The topological polar surface area (TPSA) is 112 Å². The number of carbonyl (C=O) groups is 2. The number of amides is 1. The molecule has 7 nitrogen and oxygen atoms in total. The number of aliphatic carboxylic acids is 1. The van der Waals surface area contributed by atoms with Crippen LogP contribution < -0.4 is 10.6 Å². The molecular formula is C18H19N3O4. The molecule has 0 aliphatic rings. The van der Waals surface area contributed by atoms with E-state index in [0.717, 1.165) is 11.1 Å². The quantitative estimate of drug-likeness (QED) is 0.475. The van der Waals surface area contributed by atoms with Crippen molar-refractivity contribution in [3.05, 3.63) is 71.8 Å². The van der Waals surface area contributed by atoms with Gasteiger partial charge in [0.2, 0.25) is 0 Å². The van der Waals surface area contributed by atoms with E-state index in [0.29, 0.717) is 0 Å². The molecule has 0 aliphatic heterocycles. The maximum Gasteiger partial charge on any atom is 0.414 e. The van der Waals surface area contributed by atoms with Gasteiger partial charge >= 0.3 is 12.1 Å². The second-order valence-electron chi connectivity index (χ2n) is 5.29. The van der Waals surface area contributed by atoms with Gasteiger partial charge < -0.3 is 15.2 Å². The lowest BCUT2D eigenvalue weighted by atomic mass is 10.1. The fourth-order valence-corrected chi connectivity index (χ4v) is 2.12. The highest BCUT2D eigenvalue weighted by molar-refractivity contribution is 5.94. The molecule has 0 saturated carbocycles.